The average molecular weight is 203 g/mol. The minimum absolute atomic E-state index is 0. The molecule has 0 fully saturated rings. The van der Waals surface area contributed by atoms with Crippen LogP contribution in [0.1, 0.15) is 53.4 Å². The van der Waals surface area contributed by atoms with E-state index in [1.54, 1.807) is 0 Å². The van der Waals surface area contributed by atoms with Crippen molar-refractivity contribution in [3.63, 3.8) is 0 Å². The zero-order chi connectivity index (χ0) is 10.3. The molecule has 0 aromatic heterocycles. The Balaban J connectivity index is 0. The molecule has 0 unspecified atom stereocenters. The third kappa shape index (κ3) is 4.61. The van der Waals surface area contributed by atoms with Gasteiger partial charge in [-0.3, -0.25) is 4.79 Å². The smallest absolute Gasteiger partial charge is 0.306 e. The molecule has 0 saturated carbocycles. The fraction of sp³-hybridized carbons (Fsp3) is 0.909. The predicted octanol–water partition coefficient (Wildman–Crippen LogP) is 3.32. The number of hydrogen-bond acceptors (Lipinski definition) is 3. The van der Waals surface area contributed by atoms with E-state index in [9.17, 15) is 4.79 Å². The Morgan fingerprint density at radius 3 is 1.79 bits per heavy atom. The highest BCUT2D eigenvalue weighted by Gasteiger charge is 2.27. The van der Waals surface area contributed by atoms with Crippen LogP contribution in [-0.2, 0) is 9.53 Å². The molecule has 0 bridgehead atoms. The van der Waals surface area contributed by atoms with E-state index in [1.165, 1.54) is 0 Å². The van der Waals surface area contributed by atoms with E-state index in [-0.39, 0.29) is 17.5 Å². The minimum Gasteiger partial charge on any atom is -0.466 e. The molecule has 14 heavy (non-hydrogen) atoms. The summed E-state index contributed by atoms with van der Waals surface area (Å²) in [4.78, 5) is 11.3. The van der Waals surface area contributed by atoms with E-state index in [0.717, 1.165) is 19.3 Å². The summed E-state index contributed by atoms with van der Waals surface area (Å²) in [5.41, 5.74) is 0.173. The highest BCUT2D eigenvalue weighted by Crippen LogP contribution is 2.34. The number of ether oxygens (including phenoxy) is 1. The van der Waals surface area contributed by atoms with Crippen molar-refractivity contribution in [1.29, 1.82) is 0 Å². The molecular weight excluding hydrogens is 178 g/mol. The van der Waals surface area contributed by atoms with Crippen LogP contribution in [0.5, 0.6) is 0 Å². The Labute approximate surface area is 87.8 Å². The van der Waals surface area contributed by atoms with Gasteiger partial charge in [0.25, 0.3) is 0 Å². The van der Waals surface area contributed by atoms with Crippen LogP contribution in [0.15, 0.2) is 0 Å². The van der Waals surface area contributed by atoms with E-state index in [0.29, 0.717) is 13.0 Å². The number of hydrogen-bond donors (Lipinski definition) is 1. The molecule has 3 N–H and O–H groups in total. The Hall–Kier alpha value is -0.570. The van der Waals surface area contributed by atoms with Crippen molar-refractivity contribution < 1.29 is 9.53 Å². The summed E-state index contributed by atoms with van der Waals surface area (Å²) >= 11 is 0. The van der Waals surface area contributed by atoms with Gasteiger partial charge in [0.2, 0.25) is 0 Å². The van der Waals surface area contributed by atoms with Gasteiger partial charge in [0, 0.05) is 0 Å². The Morgan fingerprint density at radius 2 is 1.50 bits per heavy atom. The average Bonchev–Trinajstić information content (AvgIpc) is 2.15. The topological polar surface area (TPSA) is 61.3 Å². The molecule has 0 atom stereocenters. The normalized spacial score (nSPS) is 10.6. The largest absolute Gasteiger partial charge is 0.466 e. The second-order valence-electron chi connectivity index (χ2n) is 3.54. The second-order valence-corrected chi connectivity index (χ2v) is 3.54. The highest BCUT2D eigenvalue weighted by molar-refractivity contribution is 5.70. The van der Waals surface area contributed by atoms with Crippen LogP contribution in [0.2, 0.25) is 0 Å². The molecule has 0 amide bonds. The van der Waals surface area contributed by atoms with Crippen molar-refractivity contribution in [2.45, 2.75) is 53.4 Å². The van der Waals surface area contributed by atoms with Gasteiger partial charge in [0.1, 0.15) is 0 Å². The second kappa shape index (κ2) is 7.80. The summed E-state index contributed by atoms with van der Waals surface area (Å²) in [7, 11) is 0. The van der Waals surface area contributed by atoms with E-state index in [4.69, 9.17) is 4.74 Å². The third-order valence-electron chi connectivity index (χ3n) is 3.07. The molecule has 86 valence electrons. The van der Waals surface area contributed by atoms with Crippen molar-refractivity contribution >= 4 is 5.97 Å². The third-order valence-corrected chi connectivity index (χ3v) is 3.07. The summed E-state index contributed by atoms with van der Waals surface area (Å²) in [6.07, 6.45) is 3.74. The molecule has 0 spiro atoms. The number of carbonyl (C=O) groups is 1. The fourth-order valence-electron chi connectivity index (χ4n) is 1.64. The van der Waals surface area contributed by atoms with Gasteiger partial charge in [-0.2, -0.15) is 0 Å². The van der Waals surface area contributed by atoms with Gasteiger partial charge in [0.05, 0.1) is 13.0 Å². The number of rotatable bonds is 6. The maximum atomic E-state index is 11.3. The molecule has 0 aliphatic carbocycles. The van der Waals surface area contributed by atoms with Crippen LogP contribution < -0.4 is 6.15 Å². The summed E-state index contributed by atoms with van der Waals surface area (Å²) in [5.74, 6) is -0.0481. The standard InChI is InChI=1S/C11H22O2.H3N/c1-5-11(6-2,7-3)9-10(12)13-8-4;/h5-9H2,1-4H3;1H3. The fourth-order valence-corrected chi connectivity index (χ4v) is 1.64. The highest BCUT2D eigenvalue weighted by atomic mass is 16.5. The monoisotopic (exact) mass is 203 g/mol. The molecule has 0 rings (SSSR count). The molecule has 0 radical (unpaired) electrons. The van der Waals surface area contributed by atoms with E-state index in [2.05, 4.69) is 20.8 Å². The Morgan fingerprint density at radius 1 is 1.07 bits per heavy atom. The van der Waals surface area contributed by atoms with Crippen molar-refractivity contribution in [2.75, 3.05) is 6.61 Å². The maximum Gasteiger partial charge on any atom is 0.306 e. The molecule has 3 heteroatoms. The van der Waals surface area contributed by atoms with Crippen LogP contribution >= 0.6 is 0 Å². The maximum absolute atomic E-state index is 11.3. The van der Waals surface area contributed by atoms with Crippen LogP contribution in [-0.4, -0.2) is 12.6 Å². The lowest BCUT2D eigenvalue weighted by atomic mass is 9.77. The van der Waals surface area contributed by atoms with Crippen molar-refractivity contribution in [3.05, 3.63) is 0 Å². The molecular formula is C11H25NO2. The lowest BCUT2D eigenvalue weighted by molar-refractivity contribution is -0.146. The summed E-state index contributed by atoms with van der Waals surface area (Å²) < 4.78 is 4.96. The molecule has 3 nitrogen and oxygen atoms in total. The van der Waals surface area contributed by atoms with E-state index < -0.39 is 0 Å². The summed E-state index contributed by atoms with van der Waals surface area (Å²) in [6, 6.07) is 0. The first kappa shape index (κ1) is 15.9. The number of esters is 1. The molecule has 0 aromatic rings. The van der Waals surface area contributed by atoms with Crippen molar-refractivity contribution in [1.82, 2.24) is 6.15 Å². The first-order valence-electron chi connectivity index (χ1n) is 5.29. The summed E-state index contributed by atoms with van der Waals surface area (Å²) in [5, 5.41) is 0. The lowest BCUT2D eigenvalue weighted by Gasteiger charge is -2.28. The quantitative estimate of drug-likeness (QED) is 0.673. The van der Waals surface area contributed by atoms with Crippen LogP contribution in [0.25, 0.3) is 0 Å². The van der Waals surface area contributed by atoms with Crippen molar-refractivity contribution in [2.24, 2.45) is 5.41 Å². The molecule has 0 aromatic carbocycles. The molecule has 0 saturated heterocycles. The zero-order valence-electron chi connectivity index (χ0n) is 10.1. The van der Waals surface area contributed by atoms with Gasteiger partial charge >= 0.3 is 5.97 Å². The number of carbonyl (C=O) groups excluding carboxylic acids is 1. The zero-order valence-corrected chi connectivity index (χ0v) is 10.1. The van der Waals surface area contributed by atoms with E-state index in [1.807, 2.05) is 6.92 Å². The van der Waals surface area contributed by atoms with Gasteiger partial charge < -0.3 is 10.9 Å². The molecule has 0 aliphatic heterocycles. The van der Waals surface area contributed by atoms with Crippen LogP contribution in [0.3, 0.4) is 0 Å². The summed E-state index contributed by atoms with van der Waals surface area (Å²) in [6.45, 7) is 8.78. The molecule has 0 aliphatic rings. The van der Waals surface area contributed by atoms with Gasteiger partial charge in [-0.15, -0.1) is 0 Å². The van der Waals surface area contributed by atoms with E-state index >= 15 is 0 Å². The lowest BCUT2D eigenvalue weighted by Crippen LogP contribution is -2.23. The van der Waals surface area contributed by atoms with Gasteiger partial charge in [0.15, 0.2) is 0 Å². The van der Waals surface area contributed by atoms with Crippen molar-refractivity contribution in [3.8, 4) is 0 Å². The van der Waals surface area contributed by atoms with Crippen LogP contribution in [0.4, 0.5) is 0 Å². The van der Waals surface area contributed by atoms with Gasteiger partial charge in [-0.05, 0) is 31.6 Å². The predicted molar refractivity (Wildman–Crippen MR) is 59.6 cm³/mol. The van der Waals surface area contributed by atoms with Gasteiger partial charge in [-0.25, -0.2) is 0 Å². The first-order valence-corrected chi connectivity index (χ1v) is 5.29. The Bertz CT molecular complexity index is 145. The molecule has 0 heterocycles. The Kier molecular flexibility index (Phi) is 8.85. The van der Waals surface area contributed by atoms with Crippen LogP contribution in [0, 0.1) is 5.41 Å². The van der Waals surface area contributed by atoms with Gasteiger partial charge in [-0.1, -0.05) is 20.8 Å². The SMILES string of the molecule is CCOC(=O)CC(CC)(CC)CC.N. The minimum atomic E-state index is -0.0481. The first-order chi connectivity index (χ1) is 6.14.